The molecule has 0 aliphatic rings. The summed E-state index contributed by atoms with van der Waals surface area (Å²) in [5.41, 5.74) is 5.64. The van der Waals surface area contributed by atoms with E-state index in [2.05, 4.69) is 16.9 Å². The molecule has 0 bridgehead atoms. The third-order valence-electron chi connectivity index (χ3n) is 2.19. The van der Waals surface area contributed by atoms with Crippen LogP contribution in [0.3, 0.4) is 0 Å². The number of aromatic nitrogens is 3. The van der Waals surface area contributed by atoms with Crippen LogP contribution in [0.25, 0.3) is 5.82 Å². The van der Waals surface area contributed by atoms with Gasteiger partial charge < -0.3 is 5.73 Å². The third kappa shape index (κ3) is 1.98. The van der Waals surface area contributed by atoms with E-state index in [1.807, 2.05) is 22.9 Å². The molecule has 0 unspecified atom stereocenters. The summed E-state index contributed by atoms with van der Waals surface area (Å²) in [7, 11) is 0. The summed E-state index contributed by atoms with van der Waals surface area (Å²) in [4.78, 5) is 8.55. The second-order valence-corrected chi connectivity index (χ2v) is 3.38. The van der Waals surface area contributed by atoms with E-state index >= 15 is 0 Å². The first kappa shape index (κ1) is 9.71. The van der Waals surface area contributed by atoms with Gasteiger partial charge in [-0.15, -0.1) is 0 Å². The maximum absolute atomic E-state index is 5.64. The highest BCUT2D eigenvalue weighted by atomic mass is 15.1. The monoisotopic (exact) mass is 202 g/mol. The fraction of sp³-hybridized carbons (Fsp3) is 0.273. The van der Waals surface area contributed by atoms with E-state index in [4.69, 9.17) is 5.73 Å². The van der Waals surface area contributed by atoms with Gasteiger partial charge in [0.15, 0.2) is 0 Å². The minimum absolute atomic E-state index is 0.531. The van der Waals surface area contributed by atoms with Gasteiger partial charge in [-0.25, -0.2) is 9.97 Å². The lowest BCUT2D eigenvalue weighted by Crippen LogP contribution is -2.03. The standard InChI is InChI=1S/C11H14N4/c1-2-4-10-13-7-8-15(10)11-6-3-5-9(12)14-11/h3,5-8H,2,4H2,1H3,(H2,12,14). The Morgan fingerprint density at radius 2 is 2.27 bits per heavy atom. The van der Waals surface area contributed by atoms with Crippen molar-refractivity contribution in [3.63, 3.8) is 0 Å². The molecule has 0 fully saturated rings. The summed E-state index contributed by atoms with van der Waals surface area (Å²) in [6.07, 6.45) is 5.71. The number of aryl methyl sites for hydroxylation is 1. The Bertz CT molecular complexity index is 447. The molecular formula is C11H14N4. The van der Waals surface area contributed by atoms with Crippen LogP contribution in [0.1, 0.15) is 19.2 Å². The zero-order valence-electron chi connectivity index (χ0n) is 8.72. The number of pyridine rings is 1. The average molecular weight is 202 g/mol. The summed E-state index contributed by atoms with van der Waals surface area (Å²) < 4.78 is 1.97. The van der Waals surface area contributed by atoms with Gasteiger partial charge in [0.1, 0.15) is 17.5 Å². The Hall–Kier alpha value is -1.84. The highest BCUT2D eigenvalue weighted by molar-refractivity contribution is 5.36. The quantitative estimate of drug-likeness (QED) is 0.825. The predicted octanol–water partition coefficient (Wildman–Crippen LogP) is 1.80. The Morgan fingerprint density at radius 3 is 3.00 bits per heavy atom. The highest BCUT2D eigenvalue weighted by Gasteiger charge is 2.04. The molecule has 0 saturated carbocycles. The number of imidazole rings is 1. The summed E-state index contributed by atoms with van der Waals surface area (Å²) in [5.74, 6) is 2.38. The van der Waals surface area contributed by atoms with Gasteiger partial charge in [0.05, 0.1) is 0 Å². The third-order valence-corrected chi connectivity index (χ3v) is 2.19. The fourth-order valence-corrected chi connectivity index (χ4v) is 1.53. The first-order valence-corrected chi connectivity index (χ1v) is 5.06. The molecule has 0 saturated heterocycles. The van der Waals surface area contributed by atoms with Crippen LogP contribution < -0.4 is 5.73 Å². The number of anilines is 1. The molecule has 4 heteroatoms. The van der Waals surface area contributed by atoms with Crippen LogP contribution in [0.5, 0.6) is 0 Å². The molecule has 2 aromatic heterocycles. The van der Waals surface area contributed by atoms with Crippen LogP contribution in [0, 0.1) is 0 Å². The Kier molecular flexibility index (Phi) is 2.67. The van der Waals surface area contributed by atoms with Crippen LogP contribution in [0.15, 0.2) is 30.6 Å². The molecule has 0 radical (unpaired) electrons. The normalized spacial score (nSPS) is 10.5. The Morgan fingerprint density at radius 1 is 1.40 bits per heavy atom. The van der Waals surface area contributed by atoms with E-state index < -0.39 is 0 Å². The molecule has 0 aliphatic carbocycles. The number of nitrogen functional groups attached to an aromatic ring is 1. The van der Waals surface area contributed by atoms with Crippen molar-refractivity contribution in [3.05, 3.63) is 36.4 Å². The van der Waals surface area contributed by atoms with E-state index in [9.17, 15) is 0 Å². The summed E-state index contributed by atoms with van der Waals surface area (Å²) >= 11 is 0. The number of rotatable bonds is 3. The maximum Gasteiger partial charge on any atom is 0.140 e. The van der Waals surface area contributed by atoms with E-state index in [-0.39, 0.29) is 0 Å². The van der Waals surface area contributed by atoms with Crippen LogP contribution in [0.4, 0.5) is 5.82 Å². The van der Waals surface area contributed by atoms with Gasteiger partial charge in [-0.05, 0) is 18.6 Å². The fourth-order valence-electron chi connectivity index (χ4n) is 1.53. The van der Waals surface area contributed by atoms with Crippen LogP contribution in [0.2, 0.25) is 0 Å². The number of nitrogens with two attached hydrogens (primary N) is 1. The lowest BCUT2D eigenvalue weighted by molar-refractivity contribution is 0.799. The molecule has 2 rings (SSSR count). The van der Waals surface area contributed by atoms with E-state index in [0.717, 1.165) is 24.5 Å². The molecule has 0 atom stereocenters. The first-order chi connectivity index (χ1) is 7.31. The van der Waals surface area contributed by atoms with Crippen molar-refractivity contribution >= 4 is 5.82 Å². The van der Waals surface area contributed by atoms with Gasteiger partial charge in [0, 0.05) is 18.8 Å². The van der Waals surface area contributed by atoms with Gasteiger partial charge in [0.2, 0.25) is 0 Å². The molecule has 0 aromatic carbocycles. The van der Waals surface area contributed by atoms with Crippen molar-refractivity contribution in [3.8, 4) is 5.82 Å². The van der Waals surface area contributed by atoms with Gasteiger partial charge >= 0.3 is 0 Å². The minimum Gasteiger partial charge on any atom is -0.384 e. The largest absolute Gasteiger partial charge is 0.384 e. The van der Waals surface area contributed by atoms with Crippen molar-refractivity contribution in [2.75, 3.05) is 5.73 Å². The second kappa shape index (κ2) is 4.13. The molecule has 2 aromatic rings. The van der Waals surface area contributed by atoms with Crippen LogP contribution >= 0.6 is 0 Å². The second-order valence-electron chi connectivity index (χ2n) is 3.38. The van der Waals surface area contributed by atoms with Crippen LogP contribution in [-0.4, -0.2) is 14.5 Å². The average Bonchev–Trinajstić information content (AvgIpc) is 2.66. The molecule has 2 heterocycles. The molecule has 0 spiro atoms. The first-order valence-electron chi connectivity index (χ1n) is 5.06. The summed E-state index contributed by atoms with van der Waals surface area (Å²) in [6, 6.07) is 5.60. The molecule has 2 N–H and O–H groups in total. The molecule has 15 heavy (non-hydrogen) atoms. The zero-order valence-corrected chi connectivity index (χ0v) is 8.72. The Labute approximate surface area is 88.8 Å². The summed E-state index contributed by atoms with van der Waals surface area (Å²) in [6.45, 7) is 2.13. The summed E-state index contributed by atoms with van der Waals surface area (Å²) in [5, 5.41) is 0. The Balaban J connectivity index is 2.40. The number of nitrogens with zero attached hydrogens (tertiary/aromatic N) is 3. The van der Waals surface area contributed by atoms with Gasteiger partial charge in [-0.2, -0.15) is 0 Å². The molecule has 0 amide bonds. The highest BCUT2D eigenvalue weighted by Crippen LogP contribution is 2.10. The zero-order chi connectivity index (χ0) is 10.7. The van der Waals surface area contributed by atoms with Crippen molar-refractivity contribution in [2.45, 2.75) is 19.8 Å². The molecule has 78 valence electrons. The van der Waals surface area contributed by atoms with Crippen molar-refractivity contribution < 1.29 is 0 Å². The van der Waals surface area contributed by atoms with Crippen LogP contribution in [-0.2, 0) is 6.42 Å². The lowest BCUT2D eigenvalue weighted by Gasteiger charge is -2.06. The van der Waals surface area contributed by atoms with Gasteiger partial charge in [0.25, 0.3) is 0 Å². The van der Waals surface area contributed by atoms with E-state index in [1.54, 1.807) is 12.3 Å². The lowest BCUT2D eigenvalue weighted by atomic mass is 10.3. The maximum atomic E-state index is 5.64. The number of hydrogen-bond acceptors (Lipinski definition) is 3. The predicted molar refractivity (Wildman–Crippen MR) is 59.8 cm³/mol. The SMILES string of the molecule is CCCc1nccn1-c1cccc(N)n1. The van der Waals surface area contributed by atoms with Crippen molar-refractivity contribution in [2.24, 2.45) is 0 Å². The molecular weight excluding hydrogens is 188 g/mol. The smallest absolute Gasteiger partial charge is 0.140 e. The molecule has 4 nitrogen and oxygen atoms in total. The van der Waals surface area contributed by atoms with Gasteiger partial charge in [-0.3, -0.25) is 4.57 Å². The van der Waals surface area contributed by atoms with Gasteiger partial charge in [-0.1, -0.05) is 13.0 Å². The van der Waals surface area contributed by atoms with E-state index in [0.29, 0.717) is 5.82 Å². The molecule has 0 aliphatic heterocycles. The van der Waals surface area contributed by atoms with Crippen molar-refractivity contribution in [1.82, 2.24) is 14.5 Å². The number of hydrogen-bond donors (Lipinski definition) is 1. The topological polar surface area (TPSA) is 56.7 Å². The minimum atomic E-state index is 0.531. The van der Waals surface area contributed by atoms with Crippen molar-refractivity contribution in [1.29, 1.82) is 0 Å². The van der Waals surface area contributed by atoms with E-state index in [1.165, 1.54) is 0 Å².